The second-order valence-electron chi connectivity index (χ2n) is 5.93. The van der Waals surface area contributed by atoms with Crippen LogP contribution in [0.1, 0.15) is 58.0 Å². The van der Waals surface area contributed by atoms with E-state index in [1.165, 1.54) is 11.8 Å². The van der Waals surface area contributed by atoms with Gasteiger partial charge in [-0.1, -0.05) is 44.6 Å². The van der Waals surface area contributed by atoms with Gasteiger partial charge in [0.25, 0.3) is 0 Å². The van der Waals surface area contributed by atoms with Gasteiger partial charge in [0.2, 0.25) is 5.89 Å². The van der Waals surface area contributed by atoms with E-state index in [4.69, 9.17) is 4.52 Å². The number of aromatic amines is 1. The molecule has 21 heavy (non-hydrogen) atoms. The molecule has 2 aromatic rings. The number of nitrogens with one attached hydrogen (secondary N) is 1. The standard InChI is InChI=1S/C13H21N5O2S/c1-6-7-18-11(19)15-16-12(18)21-8(2)9-14-10(17-20-9)13(3,4)5/h8H,6-7H2,1-5H3,(H,15,19). The summed E-state index contributed by atoms with van der Waals surface area (Å²) in [6.07, 6.45) is 0.871. The van der Waals surface area contributed by atoms with Crippen molar-refractivity contribution < 1.29 is 4.52 Å². The minimum Gasteiger partial charge on any atom is -0.338 e. The van der Waals surface area contributed by atoms with Crippen molar-refractivity contribution in [2.24, 2.45) is 0 Å². The lowest BCUT2D eigenvalue weighted by Gasteiger charge is -2.11. The lowest BCUT2D eigenvalue weighted by atomic mass is 9.96. The summed E-state index contributed by atoms with van der Waals surface area (Å²) in [7, 11) is 0. The van der Waals surface area contributed by atoms with Crippen molar-refractivity contribution in [3.05, 3.63) is 22.2 Å². The van der Waals surface area contributed by atoms with Gasteiger partial charge in [0.05, 0.1) is 5.25 Å². The fourth-order valence-corrected chi connectivity index (χ4v) is 2.64. The van der Waals surface area contributed by atoms with Gasteiger partial charge in [-0.15, -0.1) is 5.10 Å². The summed E-state index contributed by atoms with van der Waals surface area (Å²) in [5, 5.41) is 11.1. The molecule has 0 aliphatic carbocycles. The average molecular weight is 311 g/mol. The van der Waals surface area contributed by atoms with Gasteiger partial charge >= 0.3 is 5.69 Å². The van der Waals surface area contributed by atoms with Crippen molar-refractivity contribution in [3.8, 4) is 0 Å². The van der Waals surface area contributed by atoms with E-state index in [2.05, 4.69) is 20.3 Å². The molecule has 1 N–H and O–H groups in total. The van der Waals surface area contributed by atoms with Crippen LogP contribution >= 0.6 is 11.8 Å². The fourth-order valence-electron chi connectivity index (χ4n) is 1.73. The Morgan fingerprint density at radius 3 is 2.71 bits per heavy atom. The van der Waals surface area contributed by atoms with Gasteiger partial charge in [-0.05, 0) is 13.3 Å². The van der Waals surface area contributed by atoms with Crippen molar-refractivity contribution in [1.29, 1.82) is 0 Å². The summed E-state index contributed by atoms with van der Waals surface area (Å²) in [6, 6.07) is 0. The van der Waals surface area contributed by atoms with Crippen LogP contribution in [0.5, 0.6) is 0 Å². The van der Waals surface area contributed by atoms with Crippen LogP contribution in [0.15, 0.2) is 14.5 Å². The Labute approximate surface area is 127 Å². The number of nitrogens with zero attached hydrogens (tertiary/aromatic N) is 4. The van der Waals surface area contributed by atoms with Crippen molar-refractivity contribution >= 4 is 11.8 Å². The van der Waals surface area contributed by atoms with Gasteiger partial charge < -0.3 is 4.52 Å². The highest BCUT2D eigenvalue weighted by Gasteiger charge is 2.24. The van der Waals surface area contributed by atoms with Crippen LogP contribution in [0, 0.1) is 0 Å². The maximum Gasteiger partial charge on any atom is 0.343 e. The zero-order valence-electron chi connectivity index (χ0n) is 13.0. The van der Waals surface area contributed by atoms with Gasteiger partial charge in [-0.25, -0.2) is 9.89 Å². The molecule has 2 rings (SSSR count). The second-order valence-corrected chi connectivity index (χ2v) is 7.24. The molecule has 8 heteroatoms. The summed E-state index contributed by atoms with van der Waals surface area (Å²) in [4.78, 5) is 16.1. The molecular weight excluding hydrogens is 290 g/mol. The molecule has 2 aromatic heterocycles. The third kappa shape index (κ3) is 3.55. The Morgan fingerprint density at radius 1 is 1.43 bits per heavy atom. The Morgan fingerprint density at radius 2 is 2.14 bits per heavy atom. The summed E-state index contributed by atoms with van der Waals surface area (Å²) in [5.41, 5.74) is -0.338. The first kappa shape index (κ1) is 15.8. The average Bonchev–Trinajstić information content (AvgIpc) is 3.00. The van der Waals surface area contributed by atoms with E-state index in [-0.39, 0.29) is 16.4 Å². The molecule has 0 spiro atoms. The molecule has 0 aliphatic rings. The molecule has 7 nitrogen and oxygen atoms in total. The lowest BCUT2D eigenvalue weighted by molar-refractivity contribution is 0.364. The van der Waals surface area contributed by atoms with E-state index in [0.717, 1.165) is 6.42 Å². The lowest BCUT2D eigenvalue weighted by Crippen LogP contribution is -2.17. The molecule has 116 valence electrons. The minimum absolute atomic E-state index is 0.0700. The van der Waals surface area contributed by atoms with E-state index in [0.29, 0.717) is 23.4 Å². The maximum absolute atomic E-state index is 11.7. The van der Waals surface area contributed by atoms with Gasteiger partial charge in [0.1, 0.15) is 0 Å². The normalized spacial score (nSPS) is 13.6. The Bertz CT molecular complexity index is 652. The Hall–Kier alpha value is -1.57. The monoisotopic (exact) mass is 311 g/mol. The zero-order chi connectivity index (χ0) is 15.6. The number of rotatable bonds is 5. The molecular formula is C13H21N5O2S. The third-order valence-electron chi connectivity index (χ3n) is 2.91. The van der Waals surface area contributed by atoms with Crippen LogP contribution in [0.4, 0.5) is 0 Å². The minimum atomic E-state index is -0.188. The van der Waals surface area contributed by atoms with Crippen molar-refractivity contribution in [2.75, 3.05) is 0 Å². The molecule has 1 unspecified atom stereocenters. The van der Waals surface area contributed by atoms with Gasteiger partial charge in [-0.2, -0.15) is 4.98 Å². The molecule has 0 saturated carbocycles. The highest BCUT2D eigenvalue weighted by atomic mass is 32.2. The van der Waals surface area contributed by atoms with Gasteiger partial charge in [0, 0.05) is 12.0 Å². The number of aromatic nitrogens is 5. The number of hydrogen-bond acceptors (Lipinski definition) is 6. The van der Waals surface area contributed by atoms with Gasteiger partial charge in [0.15, 0.2) is 11.0 Å². The predicted octanol–water partition coefficient (Wildman–Crippen LogP) is 2.52. The predicted molar refractivity (Wildman–Crippen MR) is 80.4 cm³/mol. The molecule has 1 atom stereocenters. The molecule has 0 aliphatic heterocycles. The number of hydrogen-bond donors (Lipinski definition) is 1. The highest BCUT2D eigenvalue weighted by molar-refractivity contribution is 7.99. The molecule has 2 heterocycles. The van der Waals surface area contributed by atoms with Crippen LogP contribution in [-0.2, 0) is 12.0 Å². The molecule has 0 saturated heterocycles. The molecule has 0 amide bonds. The smallest absolute Gasteiger partial charge is 0.338 e. The summed E-state index contributed by atoms with van der Waals surface area (Å²) >= 11 is 1.43. The van der Waals surface area contributed by atoms with E-state index in [1.807, 2.05) is 34.6 Å². The Kier molecular flexibility index (Phi) is 4.55. The van der Waals surface area contributed by atoms with Crippen LogP contribution in [0.25, 0.3) is 0 Å². The van der Waals surface area contributed by atoms with Crippen molar-refractivity contribution in [2.45, 2.75) is 63.4 Å². The second kappa shape index (κ2) is 6.05. The largest absolute Gasteiger partial charge is 0.343 e. The van der Waals surface area contributed by atoms with Crippen molar-refractivity contribution in [1.82, 2.24) is 24.9 Å². The maximum atomic E-state index is 11.7. The first-order chi connectivity index (χ1) is 9.82. The number of H-pyrrole nitrogens is 1. The fraction of sp³-hybridized carbons (Fsp3) is 0.692. The first-order valence-electron chi connectivity index (χ1n) is 6.99. The number of thioether (sulfide) groups is 1. The van der Waals surface area contributed by atoms with E-state index >= 15 is 0 Å². The molecule has 0 aromatic carbocycles. The highest BCUT2D eigenvalue weighted by Crippen LogP contribution is 2.33. The Balaban J connectivity index is 2.16. The summed E-state index contributed by atoms with van der Waals surface area (Å²) < 4.78 is 6.95. The first-order valence-corrected chi connectivity index (χ1v) is 7.86. The van der Waals surface area contributed by atoms with Crippen LogP contribution in [0.2, 0.25) is 0 Å². The summed E-state index contributed by atoms with van der Waals surface area (Å²) in [6.45, 7) is 10.7. The van der Waals surface area contributed by atoms with Gasteiger partial charge in [-0.3, -0.25) is 4.57 Å². The van der Waals surface area contributed by atoms with E-state index in [9.17, 15) is 4.79 Å². The molecule has 0 fully saturated rings. The van der Waals surface area contributed by atoms with Crippen molar-refractivity contribution in [3.63, 3.8) is 0 Å². The summed E-state index contributed by atoms with van der Waals surface area (Å²) in [5.74, 6) is 1.22. The SMILES string of the molecule is CCCn1c(SC(C)c2nc(C(C)(C)C)no2)n[nH]c1=O. The quantitative estimate of drug-likeness (QED) is 0.853. The molecule has 0 radical (unpaired) electrons. The van der Waals surface area contributed by atoms with Crippen LogP contribution in [0.3, 0.4) is 0 Å². The third-order valence-corrected chi connectivity index (χ3v) is 3.99. The van der Waals surface area contributed by atoms with E-state index in [1.54, 1.807) is 4.57 Å². The zero-order valence-corrected chi connectivity index (χ0v) is 13.8. The molecule has 0 bridgehead atoms. The van der Waals surface area contributed by atoms with Crippen LogP contribution < -0.4 is 5.69 Å². The van der Waals surface area contributed by atoms with E-state index < -0.39 is 0 Å². The topological polar surface area (TPSA) is 89.6 Å². The van der Waals surface area contributed by atoms with Crippen LogP contribution in [-0.4, -0.2) is 24.9 Å².